The van der Waals surface area contributed by atoms with Gasteiger partial charge in [-0.2, -0.15) is 23.3 Å². The van der Waals surface area contributed by atoms with Crippen LogP contribution in [0.3, 0.4) is 0 Å². The van der Waals surface area contributed by atoms with E-state index in [1.165, 1.54) is 29.7 Å². The van der Waals surface area contributed by atoms with Crippen LogP contribution in [-0.4, -0.2) is 24.7 Å². The highest BCUT2D eigenvalue weighted by Crippen LogP contribution is 2.31. The molecule has 9 heteroatoms. The maximum Gasteiger partial charge on any atom is 0.416 e. The summed E-state index contributed by atoms with van der Waals surface area (Å²) in [6.45, 7) is 1.14. The molecule has 3 rings (SSSR count). The van der Waals surface area contributed by atoms with Gasteiger partial charge in [-0.3, -0.25) is 4.79 Å². The van der Waals surface area contributed by atoms with Gasteiger partial charge in [0, 0.05) is 4.88 Å². The molecule has 0 aliphatic rings. The van der Waals surface area contributed by atoms with Crippen molar-refractivity contribution in [3.63, 3.8) is 0 Å². The van der Waals surface area contributed by atoms with Gasteiger partial charge in [-0.15, -0.1) is 11.3 Å². The van der Waals surface area contributed by atoms with Crippen LogP contribution in [0.2, 0.25) is 0 Å². The Morgan fingerprint density at radius 1 is 1.06 bits per heavy atom. The summed E-state index contributed by atoms with van der Waals surface area (Å²) in [6.07, 6.45) is -3.25. The average Bonchev–Trinajstić information content (AvgIpc) is 3.19. The third kappa shape index (κ3) is 6.02. The van der Waals surface area contributed by atoms with Crippen LogP contribution in [-0.2, 0) is 15.7 Å². The number of esters is 1. The molecule has 1 amide bonds. The highest BCUT2D eigenvalue weighted by molar-refractivity contribution is 7.13. The normalized spacial score (nSPS) is 11.5. The van der Waals surface area contributed by atoms with Crippen molar-refractivity contribution in [2.45, 2.75) is 13.1 Å². The number of anilines is 1. The molecule has 0 radical (unpaired) electrons. The number of hydrogen-bond acceptors (Lipinski definition) is 5. The third-order valence-corrected chi connectivity index (χ3v) is 5.03. The van der Waals surface area contributed by atoms with Crippen LogP contribution in [0.25, 0.3) is 0 Å². The Hall–Kier alpha value is -3.46. The molecule has 0 saturated heterocycles. The number of carbonyl (C=O) groups is 2. The monoisotopic (exact) mass is 446 g/mol. The number of halogens is 3. The quantitative estimate of drug-likeness (QED) is 0.293. The fourth-order valence-corrected chi connectivity index (χ4v) is 3.32. The highest BCUT2D eigenvalue weighted by atomic mass is 32.1. The SMILES string of the molecule is Cc1ccc(C(=O)OCC(=O)N(N=Cc2ccccc2)c2cccc(C(F)(F)F)c2)s1. The second-order valence-corrected chi connectivity index (χ2v) is 7.68. The standard InChI is InChI=1S/C22H17F3N2O3S/c1-15-10-11-19(31-15)21(29)30-14-20(28)27(26-13-16-6-3-2-4-7-16)18-9-5-8-17(12-18)22(23,24)25/h2-13H,14H2,1H3. The largest absolute Gasteiger partial charge is 0.451 e. The number of rotatable bonds is 6. The Morgan fingerprint density at radius 2 is 1.81 bits per heavy atom. The third-order valence-electron chi connectivity index (χ3n) is 4.04. The number of benzene rings is 2. The van der Waals surface area contributed by atoms with Gasteiger partial charge in [0.1, 0.15) is 4.88 Å². The lowest BCUT2D eigenvalue weighted by atomic mass is 10.2. The summed E-state index contributed by atoms with van der Waals surface area (Å²) >= 11 is 1.21. The van der Waals surface area contributed by atoms with Crippen LogP contribution >= 0.6 is 11.3 Å². The van der Waals surface area contributed by atoms with E-state index in [-0.39, 0.29) is 5.69 Å². The predicted octanol–water partition coefficient (Wildman–Crippen LogP) is 5.30. The van der Waals surface area contributed by atoms with E-state index in [4.69, 9.17) is 4.74 Å². The molecule has 0 fully saturated rings. The fourth-order valence-electron chi connectivity index (χ4n) is 2.56. The summed E-state index contributed by atoms with van der Waals surface area (Å²) in [4.78, 5) is 26.1. The molecule has 160 valence electrons. The van der Waals surface area contributed by atoms with E-state index in [9.17, 15) is 22.8 Å². The van der Waals surface area contributed by atoms with E-state index < -0.39 is 30.2 Å². The molecule has 3 aromatic rings. The maximum absolute atomic E-state index is 13.1. The van der Waals surface area contributed by atoms with E-state index in [2.05, 4.69) is 5.10 Å². The summed E-state index contributed by atoms with van der Waals surface area (Å²) < 4.78 is 44.4. The van der Waals surface area contributed by atoms with Gasteiger partial charge in [0.2, 0.25) is 0 Å². The van der Waals surface area contributed by atoms with Crippen molar-refractivity contribution >= 4 is 35.1 Å². The molecule has 0 saturated carbocycles. The molecule has 2 aromatic carbocycles. The number of ether oxygens (including phenoxy) is 1. The number of carbonyl (C=O) groups excluding carboxylic acids is 2. The Bertz CT molecular complexity index is 1090. The van der Waals surface area contributed by atoms with Crippen molar-refractivity contribution in [1.82, 2.24) is 0 Å². The van der Waals surface area contributed by atoms with Gasteiger partial charge in [0.05, 0.1) is 17.5 Å². The smallest absolute Gasteiger partial charge is 0.416 e. The lowest BCUT2D eigenvalue weighted by molar-refractivity contribution is -0.137. The van der Waals surface area contributed by atoms with Gasteiger partial charge in [0.15, 0.2) is 6.61 Å². The first-order valence-corrected chi connectivity index (χ1v) is 9.88. The van der Waals surface area contributed by atoms with Crippen LogP contribution in [0, 0.1) is 6.92 Å². The zero-order valence-electron chi connectivity index (χ0n) is 16.3. The van der Waals surface area contributed by atoms with E-state index in [0.717, 1.165) is 22.0 Å². The number of alkyl halides is 3. The maximum atomic E-state index is 13.1. The number of hydrogen-bond donors (Lipinski definition) is 0. The molecule has 1 aromatic heterocycles. The summed E-state index contributed by atoms with van der Waals surface area (Å²) in [6, 6.07) is 16.2. The van der Waals surface area contributed by atoms with Crippen LogP contribution in [0.1, 0.15) is 25.7 Å². The number of amides is 1. The highest BCUT2D eigenvalue weighted by Gasteiger charge is 2.31. The van der Waals surface area contributed by atoms with E-state index in [0.29, 0.717) is 10.4 Å². The average molecular weight is 446 g/mol. The van der Waals surface area contributed by atoms with Crippen molar-refractivity contribution in [1.29, 1.82) is 0 Å². The topological polar surface area (TPSA) is 59.0 Å². The zero-order chi connectivity index (χ0) is 22.4. The Kier molecular flexibility index (Phi) is 6.86. The van der Waals surface area contributed by atoms with Gasteiger partial charge < -0.3 is 4.74 Å². The molecule has 31 heavy (non-hydrogen) atoms. The van der Waals surface area contributed by atoms with E-state index in [1.54, 1.807) is 42.5 Å². The molecule has 0 N–H and O–H groups in total. The van der Waals surface area contributed by atoms with Crippen molar-refractivity contribution in [3.8, 4) is 0 Å². The number of hydrazone groups is 1. The molecule has 0 bridgehead atoms. The Labute approximate surface area is 180 Å². The minimum Gasteiger partial charge on any atom is -0.451 e. The van der Waals surface area contributed by atoms with Gasteiger partial charge in [-0.1, -0.05) is 36.4 Å². The summed E-state index contributed by atoms with van der Waals surface area (Å²) in [5.41, 5.74) is -0.392. The number of aryl methyl sites for hydroxylation is 1. The molecule has 0 aliphatic heterocycles. The second kappa shape index (κ2) is 9.57. The van der Waals surface area contributed by atoms with Crippen LogP contribution in [0.15, 0.2) is 71.8 Å². The van der Waals surface area contributed by atoms with Crippen LogP contribution in [0.4, 0.5) is 18.9 Å². The minimum atomic E-state index is -4.59. The Balaban J connectivity index is 1.84. The van der Waals surface area contributed by atoms with Crippen LogP contribution in [0.5, 0.6) is 0 Å². The molecular formula is C22H17F3N2O3S. The lowest BCUT2D eigenvalue weighted by Gasteiger charge is -2.18. The van der Waals surface area contributed by atoms with Gasteiger partial charge in [-0.05, 0) is 42.8 Å². The first-order valence-electron chi connectivity index (χ1n) is 9.07. The second-order valence-electron chi connectivity index (χ2n) is 6.40. The molecule has 0 aliphatic carbocycles. The molecule has 0 atom stereocenters. The van der Waals surface area contributed by atoms with E-state index >= 15 is 0 Å². The van der Waals surface area contributed by atoms with Gasteiger partial charge in [0.25, 0.3) is 5.91 Å². The Morgan fingerprint density at radius 3 is 2.45 bits per heavy atom. The summed E-state index contributed by atoms with van der Waals surface area (Å²) in [5.74, 6) is -1.49. The fraction of sp³-hybridized carbons (Fsp3) is 0.136. The van der Waals surface area contributed by atoms with Crippen molar-refractivity contribution in [3.05, 3.63) is 87.6 Å². The molecule has 1 heterocycles. The number of thiophene rings is 1. The molecule has 0 spiro atoms. The lowest BCUT2D eigenvalue weighted by Crippen LogP contribution is -2.30. The molecule has 0 unspecified atom stereocenters. The van der Waals surface area contributed by atoms with Crippen molar-refractivity contribution in [2.24, 2.45) is 5.10 Å². The van der Waals surface area contributed by atoms with Gasteiger partial charge >= 0.3 is 12.1 Å². The molecular weight excluding hydrogens is 429 g/mol. The summed E-state index contributed by atoms with van der Waals surface area (Å²) in [5, 5.41) is 4.83. The first kappa shape index (κ1) is 22.2. The minimum absolute atomic E-state index is 0.102. The molecule has 5 nitrogen and oxygen atoms in total. The first-order chi connectivity index (χ1) is 14.7. The predicted molar refractivity (Wildman–Crippen MR) is 112 cm³/mol. The van der Waals surface area contributed by atoms with E-state index in [1.807, 2.05) is 6.92 Å². The zero-order valence-corrected chi connectivity index (χ0v) is 17.1. The van der Waals surface area contributed by atoms with Crippen LogP contribution < -0.4 is 5.01 Å². The van der Waals surface area contributed by atoms with Gasteiger partial charge in [-0.25, -0.2) is 4.79 Å². The number of nitrogens with zero attached hydrogens (tertiary/aromatic N) is 2. The van der Waals surface area contributed by atoms with Crippen molar-refractivity contribution < 1.29 is 27.5 Å². The van der Waals surface area contributed by atoms with Crippen molar-refractivity contribution in [2.75, 3.05) is 11.6 Å². The summed E-state index contributed by atoms with van der Waals surface area (Å²) in [7, 11) is 0.